The summed E-state index contributed by atoms with van der Waals surface area (Å²) < 4.78 is 0. The van der Waals surface area contributed by atoms with Crippen LogP contribution in [0.2, 0.25) is 5.15 Å². The van der Waals surface area contributed by atoms with Crippen molar-refractivity contribution in [2.24, 2.45) is 5.92 Å². The number of carbonyl (C=O) groups excluding carboxylic acids is 1. The lowest BCUT2D eigenvalue weighted by molar-refractivity contribution is 0.112. The van der Waals surface area contributed by atoms with Crippen molar-refractivity contribution in [2.75, 3.05) is 18.5 Å². The summed E-state index contributed by atoms with van der Waals surface area (Å²) in [6.45, 7) is 2.70. The molecule has 0 aromatic carbocycles. The molecule has 0 N–H and O–H groups in total. The Morgan fingerprint density at radius 3 is 2.75 bits per heavy atom. The van der Waals surface area contributed by atoms with Crippen LogP contribution in [0.1, 0.15) is 29.0 Å². The van der Waals surface area contributed by atoms with Gasteiger partial charge in [0.1, 0.15) is 16.8 Å². The predicted molar refractivity (Wildman–Crippen MR) is 63.2 cm³/mol. The maximum absolute atomic E-state index is 11.0. The summed E-state index contributed by atoms with van der Waals surface area (Å²) in [5.74, 6) is 1.96. The molecule has 0 amide bonds. The van der Waals surface area contributed by atoms with Crippen LogP contribution in [0.4, 0.5) is 5.82 Å². The van der Waals surface area contributed by atoms with E-state index in [4.69, 9.17) is 11.6 Å². The summed E-state index contributed by atoms with van der Waals surface area (Å²) in [4.78, 5) is 21.2. The number of aryl methyl sites for hydroxylation is 1. The van der Waals surface area contributed by atoms with E-state index in [1.54, 1.807) is 6.92 Å². The van der Waals surface area contributed by atoms with Crippen LogP contribution in [0.25, 0.3) is 0 Å². The van der Waals surface area contributed by atoms with E-state index in [-0.39, 0.29) is 5.15 Å². The first-order chi connectivity index (χ1) is 7.61. The van der Waals surface area contributed by atoms with Gasteiger partial charge < -0.3 is 4.90 Å². The standard InChI is InChI=1S/C11H14ClN3O/c1-7-13-10(12)9(6-16)11(14-7)15(2)5-8-3-4-8/h6,8H,3-5H2,1-2H3. The maximum atomic E-state index is 11.0. The Hall–Kier alpha value is -1.16. The van der Waals surface area contributed by atoms with Crippen molar-refractivity contribution in [3.63, 3.8) is 0 Å². The van der Waals surface area contributed by atoms with Crippen LogP contribution in [-0.4, -0.2) is 29.8 Å². The minimum absolute atomic E-state index is 0.236. The summed E-state index contributed by atoms with van der Waals surface area (Å²) in [5, 5.41) is 0.236. The number of nitrogens with zero attached hydrogens (tertiary/aromatic N) is 3. The molecular weight excluding hydrogens is 226 g/mol. The van der Waals surface area contributed by atoms with Gasteiger partial charge in [-0.15, -0.1) is 0 Å². The van der Waals surface area contributed by atoms with Crippen LogP contribution < -0.4 is 4.90 Å². The van der Waals surface area contributed by atoms with Gasteiger partial charge in [0, 0.05) is 13.6 Å². The molecule has 1 aliphatic rings. The number of hydrogen-bond acceptors (Lipinski definition) is 4. The second kappa shape index (κ2) is 4.37. The lowest BCUT2D eigenvalue weighted by atomic mass is 10.3. The average Bonchev–Trinajstić information content (AvgIpc) is 3.00. The number of carbonyl (C=O) groups is 1. The first kappa shape index (κ1) is 11.3. The van der Waals surface area contributed by atoms with Crippen molar-refractivity contribution in [1.82, 2.24) is 9.97 Å². The van der Waals surface area contributed by atoms with E-state index in [9.17, 15) is 4.79 Å². The number of rotatable bonds is 4. The van der Waals surface area contributed by atoms with E-state index in [0.717, 1.165) is 18.7 Å². The summed E-state index contributed by atoms with van der Waals surface area (Å²) in [5.41, 5.74) is 0.385. The molecule has 1 aliphatic carbocycles. The molecule has 1 saturated carbocycles. The minimum atomic E-state index is 0.236. The highest BCUT2D eigenvalue weighted by Crippen LogP contribution is 2.31. The molecule has 1 aromatic heterocycles. The van der Waals surface area contributed by atoms with Gasteiger partial charge in [0.25, 0.3) is 0 Å². The molecule has 0 aliphatic heterocycles. The zero-order chi connectivity index (χ0) is 11.7. The highest BCUT2D eigenvalue weighted by molar-refractivity contribution is 6.32. The average molecular weight is 240 g/mol. The van der Waals surface area contributed by atoms with Crippen molar-refractivity contribution in [2.45, 2.75) is 19.8 Å². The Bertz CT molecular complexity index is 418. The van der Waals surface area contributed by atoms with Gasteiger partial charge in [-0.25, -0.2) is 9.97 Å². The van der Waals surface area contributed by atoms with Crippen molar-refractivity contribution < 1.29 is 4.79 Å². The van der Waals surface area contributed by atoms with Gasteiger partial charge in [-0.1, -0.05) is 11.6 Å². The van der Waals surface area contributed by atoms with Crippen LogP contribution in [0.3, 0.4) is 0 Å². The molecule has 0 atom stereocenters. The molecular formula is C11H14ClN3O. The number of anilines is 1. The SMILES string of the molecule is Cc1nc(Cl)c(C=O)c(N(C)CC2CC2)n1. The fraction of sp³-hybridized carbons (Fsp3) is 0.545. The second-order valence-electron chi connectivity index (χ2n) is 4.24. The molecule has 5 heteroatoms. The third kappa shape index (κ3) is 2.32. The molecule has 0 unspecified atom stereocenters. The van der Waals surface area contributed by atoms with Crippen LogP contribution >= 0.6 is 11.6 Å². The smallest absolute Gasteiger partial charge is 0.156 e. The first-order valence-corrected chi connectivity index (χ1v) is 5.70. The maximum Gasteiger partial charge on any atom is 0.156 e. The van der Waals surface area contributed by atoms with Crippen LogP contribution in [0.5, 0.6) is 0 Å². The Kier molecular flexibility index (Phi) is 3.10. The summed E-state index contributed by atoms with van der Waals surface area (Å²) in [6.07, 6.45) is 3.25. The Labute approximate surface area is 99.6 Å². The molecule has 16 heavy (non-hydrogen) atoms. The minimum Gasteiger partial charge on any atom is -0.359 e. The molecule has 1 fully saturated rings. The van der Waals surface area contributed by atoms with E-state index >= 15 is 0 Å². The van der Waals surface area contributed by atoms with Gasteiger partial charge in [-0.05, 0) is 25.7 Å². The van der Waals surface area contributed by atoms with E-state index < -0.39 is 0 Å². The predicted octanol–water partition coefficient (Wildman–Crippen LogP) is 2.10. The summed E-state index contributed by atoms with van der Waals surface area (Å²) in [6, 6.07) is 0. The fourth-order valence-corrected chi connectivity index (χ4v) is 1.95. The molecule has 1 heterocycles. The van der Waals surface area contributed by atoms with Crippen LogP contribution in [0, 0.1) is 12.8 Å². The Balaban J connectivity index is 2.32. The topological polar surface area (TPSA) is 46.1 Å². The van der Waals surface area contributed by atoms with E-state index in [2.05, 4.69) is 9.97 Å². The normalized spacial score (nSPS) is 14.9. The molecule has 4 nitrogen and oxygen atoms in total. The van der Waals surface area contributed by atoms with Gasteiger partial charge in [0.05, 0.1) is 5.56 Å². The molecule has 0 bridgehead atoms. The van der Waals surface area contributed by atoms with Crippen LogP contribution in [-0.2, 0) is 0 Å². The highest BCUT2D eigenvalue weighted by atomic mass is 35.5. The summed E-state index contributed by atoms with van der Waals surface area (Å²) in [7, 11) is 1.93. The third-order valence-electron chi connectivity index (χ3n) is 2.70. The molecule has 2 rings (SSSR count). The van der Waals surface area contributed by atoms with Crippen molar-refractivity contribution in [1.29, 1.82) is 0 Å². The molecule has 0 spiro atoms. The fourth-order valence-electron chi connectivity index (χ4n) is 1.70. The third-order valence-corrected chi connectivity index (χ3v) is 2.99. The van der Waals surface area contributed by atoms with Gasteiger partial charge in [-0.2, -0.15) is 0 Å². The van der Waals surface area contributed by atoms with Gasteiger partial charge >= 0.3 is 0 Å². The Morgan fingerprint density at radius 1 is 1.50 bits per heavy atom. The number of aldehydes is 1. The highest BCUT2D eigenvalue weighted by Gasteiger charge is 2.25. The van der Waals surface area contributed by atoms with E-state index in [1.807, 2.05) is 11.9 Å². The van der Waals surface area contributed by atoms with Crippen molar-refractivity contribution in [3.8, 4) is 0 Å². The lowest BCUT2D eigenvalue weighted by Gasteiger charge is -2.19. The summed E-state index contributed by atoms with van der Waals surface area (Å²) >= 11 is 5.92. The van der Waals surface area contributed by atoms with Crippen LogP contribution in [0.15, 0.2) is 0 Å². The quantitative estimate of drug-likeness (QED) is 0.596. The number of halogens is 1. The van der Waals surface area contributed by atoms with Gasteiger partial charge in [0.15, 0.2) is 6.29 Å². The first-order valence-electron chi connectivity index (χ1n) is 5.32. The van der Waals surface area contributed by atoms with Crippen molar-refractivity contribution in [3.05, 3.63) is 16.5 Å². The molecule has 0 saturated heterocycles. The molecule has 86 valence electrons. The zero-order valence-electron chi connectivity index (χ0n) is 9.40. The molecule has 1 aromatic rings. The van der Waals surface area contributed by atoms with E-state index in [1.165, 1.54) is 12.8 Å². The largest absolute Gasteiger partial charge is 0.359 e. The zero-order valence-corrected chi connectivity index (χ0v) is 10.2. The van der Waals surface area contributed by atoms with Crippen molar-refractivity contribution >= 4 is 23.7 Å². The lowest BCUT2D eigenvalue weighted by Crippen LogP contribution is -2.23. The molecule has 0 radical (unpaired) electrons. The van der Waals surface area contributed by atoms with Gasteiger partial charge in [-0.3, -0.25) is 4.79 Å². The number of hydrogen-bond donors (Lipinski definition) is 0. The second-order valence-corrected chi connectivity index (χ2v) is 4.60. The van der Waals surface area contributed by atoms with Gasteiger partial charge in [0.2, 0.25) is 0 Å². The number of aromatic nitrogens is 2. The Morgan fingerprint density at radius 2 is 2.19 bits per heavy atom. The van der Waals surface area contributed by atoms with E-state index in [0.29, 0.717) is 17.2 Å². The monoisotopic (exact) mass is 239 g/mol.